The lowest BCUT2D eigenvalue weighted by atomic mass is 9.92. The van der Waals surface area contributed by atoms with Gasteiger partial charge in [-0.2, -0.15) is 0 Å². The first-order valence-corrected chi connectivity index (χ1v) is 11.2. The molecule has 1 unspecified atom stereocenters. The molecule has 30 heavy (non-hydrogen) atoms. The van der Waals surface area contributed by atoms with Crippen molar-refractivity contribution in [3.8, 4) is 11.5 Å². The van der Waals surface area contributed by atoms with Crippen LogP contribution in [0.4, 0.5) is 0 Å². The van der Waals surface area contributed by atoms with Gasteiger partial charge in [0.25, 0.3) is 11.7 Å². The fourth-order valence-corrected chi connectivity index (χ4v) is 5.74. The number of carbonyl (C=O) groups is 2. The number of thiophene rings is 1. The van der Waals surface area contributed by atoms with Gasteiger partial charge in [-0.1, -0.05) is 19.3 Å². The zero-order valence-corrected chi connectivity index (χ0v) is 17.5. The first kappa shape index (κ1) is 19.2. The topological polar surface area (TPSA) is 76.1 Å². The summed E-state index contributed by atoms with van der Waals surface area (Å²) in [5.74, 6) is -0.178. The number of carbonyl (C=O) groups excluding carboxylic acids is 2. The quantitative estimate of drug-likeness (QED) is 0.444. The average molecular weight is 426 g/mol. The van der Waals surface area contributed by atoms with E-state index in [2.05, 4.69) is 0 Å². The first-order chi connectivity index (χ1) is 14.6. The molecule has 1 atom stereocenters. The summed E-state index contributed by atoms with van der Waals surface area (Å²) in [6, 6.07) is 6.50. The molecule has 0 bridgehead atoms. The van der Waals surface area contributed by atoms with E-state index >= 15 is 0 Å². The van der Waals surface area contributed by atoms with Gasteiger partial charge in [0, 0.05) is 16.5 Å². The summed E-state index contributed by atoms with van der Waals surface area (Å²) in [4.78, 5) is 29.0. The SMILES string of the molecule is Cc1ccsc1C1/C(=C(/O)c2ccc3c(c2)OCO3)C(=O)C(=O)N1C1CCCCC1. The second-order valence-electron chi connectivity index (χ2n) is 8.03. The smallest absolute Gasteiger partial charge is 0.295 e. The van der Waals surface area contributed by atoms with Crippen LogP contribution in [0, 0.1) is 6.92 Å². The van der Waals surface area contributed by atoms with Crippen molar-refractivity contribution in [2.24, 2.45) is 0 Å². The Morgan fingerprint density at radius 2 is 1.87 bits per heavy atom. The van der Waals surface area contributed by atoms with Crippen LogP contribution in [0.25, 0.3) is 5.76 Å². The van der Waals surface area contributed by atoms with Crippen LogP contribution in [-0.4, -0.2) is 34.5 Å². The number of amides is 1. The van der Waals surface area contributed by atoms with Crippen LogP contribution in [0.15, 0.2) is 35.2 Å². The molecule has 2 aliphatic heterocycles. The Labute approximate surface area is 178 Å². The van der Waals surface area contributed by atoms with Gasteiger partial charge < -0.3 is 19.5 Å². The second kappa shape index (κ2) is 7.47. The molecule has 2 aromatic rings. The van der Waals surface area contributed by atoms with Crippen LogP contribution >= 0.6 is 11.3 Å². The summed E-state index contributed by atoms with van der Waals surface area (Å²) in [6.45, 7) is 2.10. The van der Waals surface area contributed by atoms with Gasteiger partial charge in [-0.15, -0.1) is 11.3 Å². The molecule has 156 valence electrons. The van der Waals surface area contributed by atoms with Crippen LogP contribution < -0.4 is 9.47 Å². The monoisotopic (exact) mass is 425 g/mol. The Kier molecular flexibility index (Phi) is 4.77. The summed E-state index contributed by atoms with van der Waals surface area (Å²) in [6.07, 6.45) is 5.02. The lowest BCUT2D eigenvalue weighted by molar-refractivity contribution is -0.141. The van der Waals surface area contributed by atoms with E-state index in [0.29, 0.717) is 17.1 Å². The van der Waals surface area contributed by atoms with E-state index in [1.165, 1.54) is 11.3 Å². The maximum Gasteiger partial charge on any atom is 0.295 e. The number of ketones is 1. The molecule has 3 aliphatic rings. The molecule has 3 heterocycles. The van der Waals surface area contributed by atoms with Gasteiger partial charge in [-0.25, -0.2) is 0 Å². The maximum absolute atomic E-state index is 13.2. The third-order valence-electron chi connectivity index (χ3n) is 6.24. The number of benzene rings is 1. The molecule has 2 fully saturated rings. The first-order valence-electron chi connectivity index (χ1n) is 10.3. The predicted molar refractivity (Wildman–Crippen MR) is 113 cm³/mol. The third-order valence-corrected chi connectivity index (χ3v) is 7.32. The average Bonchev–Trinajstić information content (AvgIpc) is 3.46. The van der Waals surface area contributed by atoms with Crippen molar-refractivity contribution in [2.45, 2.75) is 51.1 Å². The van der Waals surface area contributed by atoms with Crippen molar-refractivity contribution in [1.82, 2.24) is 4.90 Å². The van der Waals surface area contributed by atoms with Crippen molar-refractivity contribution in [2.75, 3.05) is 6.79 Å². The van der Waals surface area contributed by atoms with Gasteiger partial charge in [0.05, 0.1) is 5.57 Å². The molecule has 1 aliphatic carbocycles. The van der Waals surface area contributed by atoms with Crippen molar-refractivity contribution in [1.29, 1.82) is 0 Å². The fourth-order valence-electron chi connectivity index (χ4n) is 4.71. The highest BCUT2D eigenvalue weighted by molar-refractivity contribution is 7.10. The van der Waals surface area contributed by atoms with Gasteiger partial charge in [0.15, 0.2) is 11.5 Å². The number of hydrogen-bond acceptors (Lipinski definition) is 6. The number of Topliss-reactive ketones (excluding diaryl/α,β-unsaturated/α-hetero) is 1. The zero-order valence-electron chi connectivity index (χ0n) is 16.7. The number of likely N-dealkylation sites (tertiary alicyclic amines) is 1. The van der Waals surface area contributed by atoms with Crippen molar-refractivity contribution in [3.63, 3.8) is 0 Å². The molecule has 5 rings (SSSR count). The van der Waals surface area contributed by atoms with Crippen LogP contribution in [0.2, 0.25) is 0 Å². The van der Waals surface area contributed by atoms with Crippen molar-refractivity contribution in [3.05, 3.63) is 51.2 Å². The minimum Gasteiger partial charge on any atom is -0.507 e. The second-order valence-corrected chi connectivity index (χ2v) is 8.98. The Balaban J connectivity index is 1.65. The van der Waals surface area contributed by atoms with Gasteiger partial charge in [0.1, 0.15) is 11.8 Å². The van der Waals surface area contributed by atoms with Gasteiger partial charge in [-0.3, -0.25) is 9.59 Å². The highest BCUT2D eigenvalue weighted by Gasteiger charge is 2.49. The Morgan fingerprint density at radius 3 is 2.60 bits per heavy atom. The summed E-state index contributed by atoms with van der Waals surface area (Å²) < 4.78 is 10.8. The largest absolute Gasteiger partial charge is 0.507 e. The van der Waals surface area contributed by atoms with Gasteiger partial charge in [-0.05, 0) is 55.0 Å². The van der Waals surface area contributed by atoms with Crippen LogP contribution in [0.5, 0.6) is 11.5 Å². The number of aryl methyl sites for hydroxylation is 1. The molecule has 1 aromatic carbocycles. The van der Waals surface area contributed by atoms with Crippen LogP contribution in [-0.2, 0) is 9.59 Å². The summed E-state index contributed by atoms with van der Waals surface area (Å²) >= 11 is 1.52. The molecule has 0 radical (unpaired) electrons. The molecule has 1 amide bonds. The van der Waals surface area contributed by atoms with Gasteiger partial charge >= 0.3 is 0 Å². The Hall–Kier alpha value is -2.80. The van der Waals surface area contributed by atoms with E-state index in [0.717, 1.165) is 42.5 Å². The van der Waals surface area contributed by atoms with Crippen molar-refractivity contribution < 1.29 is 24.2 Å². The highest BCUT2D eigenvalue weighted by atomic mass is 32.1. The number of aliphatic hydroxyl groups excluding tert-OH is 1. The number of fused-ring (bicyclic) bond motifs is 1. The Bertz CT molecular complexity index is 1050. The molecule has 6 nitrogen and oxygen atoms in total. The summed E-state index contributed by atoms with van der Waals surface area (Å²) in [5, 5.41) is 13.2. The molecule has 1 saturated heterocycles. The van der Waals surface area contributed by atoms with E-state index in [-0.39, 0.29) is 24.2 Å². The lowest BCUT2D eigenvalue weighted by Gasteiger charge is -2.35. The molecule has 1 N–H and O–H groups in total. The molecule has 1 aromatic heterocycles. The normalized spacial score (nSPS) is 23.4. The number of ether oxygens (including phenoxy) is 2. The molecule has 7 heteroatoms. The number of aliphatic hydroxyl groups is 1. The molecular formula is C23H23NO5S. The fraction of sp³-hybridized carbons (Fsp3) is 0.391. The zero-order chi connectivity index (χ0) is 20.8. The molecular weight excluding hydrogens is 402 g/mol. The Morgan fingerprint density at radius 1 is 1.10 bits per heavy atom. The minimum absolute atomic E-state index is 0.0174. The van der Waals surface area contributed by atoms with E-state index in [4.69, 9.17) is 9.47 Å². The lowest BCUT2D eigenvalue weighted by Crippen LogP contribution is -2.40. The summed E-state index contributed by atoms with van der Waals surface area (Å²) in [5.41, 5.74) is 1.62. The minimum atomic E-state index is -0.617. The van der Waals surface area contributed by atoms with Crippen molar-refractivity contribution >= 4 is 28.8 Å². The highest BCUT2D eigenvalue weighted by Crippen LogP contribution is 2.46. The third kappa shape index (κ3) is 2.99. The van der Waals surface area contributed by atoms with Crippen LogP contribution in [0.3, 0.4) is 0 Å². The molecule has 1 saturated carbocycles. The van der Waals surface area contributed by atoms with E-state index in [1.54, 1.807) is 23.1 Å². The summed E-state index contributed by atoms with van der Waals surface area (Å²) in [7, 11) is 0. The number of rotatable bonds is 3. The predicted octanol–water partition coefficient (Wildman–Crippen LogP) is 4.54. The number of nitrogens with zero attached hydrogens (tertiary/aromatic N) is 1. The van der Waals surface area contributed by atoms with E-state index in [1.807, 2.05) is 18.4 Å². The number of hydrogen-bond donors (Lipinski definition) is 1. The van der Waals surface area contributed by atoms with Crippen LogP contribution in [0.1, 0.15) is 54.1 Å². The standard InChI is InChI=1S/C23H23NO5S/c1-13-9-10-30-22(13)19-18(20(25)14-7-8-16-17(11-14)29-12-28-16)21(26)23(27)24(19)15-5-3-2-4-6-15/h7-11,15,19,25H,2-6,12H2,1H3/b20-18-. The molecule has 0 spiro atoms. The van der Waals surface area contributed by atoms with E-state index in [9.17, 15) is 14.7 Å². The maximum atomic E-state index is 13.2. The van der Waals surface area contributed by atoms with Gasteiger partial charge in [0.2, 0.25) is 6.79 Å². The van der Waals surface area contributed by atoms with E-state index < -0.39 is 17.7 Å².